The van der Waals surface area contributed by atoms with Crippen LogP contribution in [-0.4, -0.2) is 32.4 Å². The van der Waals surface area contributed by atoms with Crippen LogP contribution in [0.5, 0.6) is 5.75 Å². The van der Waals surface area contributed by atoms with Crippen LogP contribution < -0.4 is 10.1 Å². The lowest BCUT2D eigenvalue weighted by Crippen LogP contribution is -2.45. The second-order valence-electron chi connectivity index (χ2n) is 6.54. The highest BCUT2D eigenvalue weighted by atomic mass is 16.5. The third-order valence-corrected chi connectivity index (χ3v) is 5.38. The third-order valence-electron chi connectivity index (χ3n) is 5.38. The van der Waals surface area contributed by atoms with Crippen molar-refractivity contribution in [3.63, 3.8) is 0 Å². The summed E-state index contributed by atoms with van der Waals surface area (Å²) < 4.78 is 11.6. The van der Waals surface area contributed by atoms with Crippen LogP contribution in [0.3, 0.4) is 0 Å². The second kappa shape index (κ2) is 6.37. The molecule has 21 heavy (non-hydrogen) atoms. The van der Waals surface area contributed by atoms with E-state index in [0.717, 1.165) is 25.2 Å². The Hall–Kier alpha value is -1.06. The summed E-state index contributed by atoms with van der Waals surface area (Å²) in [7, 11) is 3.95. The fraction of sp³-hybridized carbons (Fsp3) is 0.667. The van der Waals surface area contributed by atoms with Crippen LogP contribution in [0.25, 0.3) is 0 Å². The highest BCUT2D eigenvalue weighted by Gasteiger charge is 2.39. The highest BCUT2D eigenvalue weighted by molar-refractivity contribution is 5.37. The number of benzene rings is 1. The predicted octanol–water partition coefficient (Wildman–Crippen LogP) is 3.49. The molecule has 0 amide bonds. The van der Waals surface area contributed by atoms with Gasteiger partial charge in [-0.15, -0.1) is 0 Å². The van der Waals surface area contributed by atoms with Crippen molar-refractivity contribution in [1.29, 1.82) is 0 Å². The third kappa shape index (κ3) is 3.09. The number of hydrogen-bond donors (Lipinski definition) is 1. The van der Waals surface area contributed by atoms with Gasteiger partial charge in [-0.25, -0.2) is 0 Å². The van der Waals surface area contributed by atoms with Crippen molar-refractivity contribution in [2.24, 2.45) is 0 Å². The molecule has 1 aromatic carbocycles. The number of para-hydroxylation sites is 1. The molecule has 2 atom stereocenters. The van der Waals surface area contributed by atoms with Crippen molar-refractivity contribution in [1.82, 2.24) is 5.32 Å². The molecule has 0 aromatic heterocycles. The van der Waals surface area contributed by atoms with Gasteiger partial charge in [0.1, 0.15) is 5.75 Å². The van der Waals surface area contributed by atoms with Crippen LogP contribution in [0.1, 0.15) is 50.0 Å². The van der Waals surface area contributed by atoms with Crippen molar-refractivity contribution in [3.8, 4) is 5.75 Å². The first-order chi connectivity index (χ1) is 10.3. The fourth-order valence-electron chi connectivity index (χ4n) is 3.82. The van der Waals surface area contributed by atoms with E-state index in [9.17, 15) is 0 Å². The molecule has 0 saturated heterocycles. The molecular weight excluding hydrogens is 262 g/mol. The first-order valence-corrected chi connectivity index (χ1v) is 8.20. The number of methoxy groups -OCH3 is 1. The molecule has 3 rings (SSSR count). The molecule has 1 aromatic rings. The van der Waals surface area contributed by atoms with E-state index in [4.69, 9.17) is 9.47 Å². The average molecular weight is 289 g/mol. The molecule has 3 heteroatoms. The zero-order valence-corrected chi connectivity index (χ0v) is 13.2. The Morgan fingerprint density at radius 2 is 2.19 bits per heavy atom. The van der Waals surface area contributed by atoms with Crippen LogP contribution in [0.15, 0.2) is 24.3 Å². The molecule has 0 radical (unpaired) electrons. The van der Waals surface area contributed by atoms with E-state index in [-0.39, 0.29) is 5.60 Å². The molecule has 1 aliphatic carbocycles. The van der Waals surface area contributed by atoms with E-state index in [1.807, 2.05) is 7.11 Å². The Labute approximate surface area is 128 Å². The maximum absolute atomic E-state index is 5.80. The van der Waals surface area contributed by atoms with E-state index < -0.39 is 0 Å². The van der Waals surface area contributed by atoms with Crippen molar-refractivity contribution in [2.75, 3.05) is 20.8 Å². The maximum atomic E-state index is 5.80. The van der Waals surface area contributed by atoms with Crippen LogP contribution >= 0.6 is 0 Å². The molecule has 1 fully saturated rings. The minimum absolute atomic E-state index is 0.137. The molecule has 116 valence electrons. The first-order valence-electron chi connectivity index (χ1n) is 8.20. The van der Waals surface area contributed by atoms with E-state index in [1.54, 1.807) is 0 Å². The summed E-state index contributed by atoms with van der Waals surface area (Å²) in [6.45, 7) is 0.841. The molecule has 1 heterocycles. The number of nitrogens with one attached hydrogen (secondary N) is 1. The van der Waals surface area contributed by atoms with E-state index in [2.05, 4.69) is 36.6 Å². The predicted molar refractivity (Wildman–Crippen MR) is 85.0 cm³/mol. The lowest BCUT2D eigenvalue weighted by Gasteiger charge is -2.43. The van der Waals surface area contributed by atoms with Gasteiger partial charge in [-0.2, -0.15) is 0 Å². The van der Waals surface area contributed by atoms with Crippen molar-refractivity contribution >= 4 is 0 Å². The SMILES string of the molecule is CNC(CC1CCOc2ccccc21)CC1(OC)CCC1. The average Bonchev–Trinajstić information content (AvgIpc) is 2.50. The molecule has 1 saturated carbocycles. The summed E-state index contributed by atoms with van der Waals surface area (Å²) >= 11 is 0. The van der Waals surface area contributed by atoms with Gasteiger partial charge in [0.05, 0.1) is 12.2 Å². The quantitative estimate of drug-likeness (QED) is 0.869. The first kappa shape index (κ1) is 14.9. The monoisotopic (exact) mass is 289 g/mol. The summed E-state index contributed by atoms with van der Waals surface area (Å²) in [4.78, 5) is 0. The number of fused-ring (bicyclic) bond motifs is 1. The Bertz CT molecular complexity index is 465. The lowest BCUT2D eigenvalue weighted by atomic mass is 9.74. The number of ether oxygens (including phenoxy) is 2. The largest absolute Gasteiger partial charge is 0.493 e. The molecule has 0 spiro atoms. The molecule has 1 aliphatic heterocycles. The molecule has 3 nitrogen and oxygen atoms in total. The topological polar surface area (TPSA) is 30.5 Å². The normalized spacial score (nSPS) is 24.6. The van der Waals surface area contributed by atoms with Crippen molar-refractivity contribution in [3.05, 3.63) is 29.8 Å². The van der Waals surface area contributed by atoms with E-state index in [0.29, 0.717) is 12.0 Å². The van der Waals surface area contributed by atoms with Crippen LogP contribution in [0, 0.1) is 0 Å². The summed E-state index contributed by atoms with van der Waals surface area (Å²) in [5.74, 6) is 1.68. The van der Waals surface area contributed by atoms with Gasteiger partial charge in [-0.3, -0.25) is 0 Å². The Morgan fingerprint density at radius 3 is 2.86 bits per heavy atom. The van der Waals surface area contributed by atoms with Crippen LogP contribution in [-0.2, 0) is 4.74 Å². The van der Waals surface area contributed by atoms with E-state index in [1.165, 1.54) is 31.2 Å². The lowest BCUT2D eigenvalue weighted by molar-refractivity contribution is -0.0839. The second-order valence-corrected chi connectivity index (χ2v) is 6.54. The molecule has 2 aliphatic rings. The fourth-order valence-corrected chi connectivity index (χ4v) is 3.82. The highest BCUT2D eigenvalue weighted by Crippen LogP contribution is 2.42. The van der Waals surface area contributed by atoms with Crippen LogP contribution in [0.2, 0.25) is 0 Å². The molecule has 2 unspecified atom stereocenters. The molecule has 0 bridgehead atoms. The zero-order chi connectivity index (χ0) is 14.7. The van der Waals surface area contributed by atoms with Gasteiger partial charge in [0.2, 0.25) is 0 Å². The smallest absolute Gasteiger partial charge is 0.122 e. The van der Waals surface area contributed by atoms with Gasteiger partial charge in [-0.05, 0) is 63.1 Å². The number of rotatable bonds is 6. The maximum Gasteiger partial charge on any atom is 0.122 e. The Balaban J connectivity index is 1.67. The molecular formula is C18H27NO2. The standard InChI is InChI=1S/C18H27NO2/c1-19-15(13-18(20-2)9-5-10-18)12-14-8-11-21-17-7-4-3-6-16(14)17/h3-4,6-7,14-15,19H,5,8-13H2,1-2H3. The number of hydrogen-bond acceptors (Lipinski definition) is 3. The Morgan fingerprint density at radius 1 is 1.38 bits per heavy atom. The minimum Gasteiger partial charge on any atom is -0.493 e. The Kier molecular flexibility index (Phi) is 4.51. The van der Waals surface area contributed by atoms with Crippen molar-refractivity contribution < 1.29 is 9.47 Å². The summed E-state index contributed by atoms with van der Waals surface area (Å²) in [5.41, 5.74) is 1.52. The minimum atomic E-state index is 0.137. The summed E-state index contributed by atoms with van der Waals surface area (Å²) in [6, 6.07) is 9.02. The van der Waals surface area contributed by atoms with Crippen LogP contribution in [0.4, 0.5) is 0 Å². The molecule has 1 N–H and O–H groups in total. The summed E-state index contributed by atoms with van der Waals surface area (Å²) in [5, 5.41) is 3.52. The van der Waals surface area contributed by atoms with Gasteiger partial charge in [0, 0.05) is 13.2 Å². The zero-order valence-electron chi connectivity index (χ0n) is 13.2. The van der Waals surface area contributed by atoms with Gasteiger partial charge >= 0.3 is 0 Å². The summed E-state index contributed by atoms with van der Waals surface area (Å²) in [6.07, 6.45) is 7.15. The van der Waals surface area contributed by atoms with Crippen molar-refractivity contribution in [2.45, 2.75) is 56.1 Å². The van der Waals surface area contributed by atoms with E-state index >= 15 is 0 Å². The van der Waals surface area contributed by atoms with Gasteiger partial charge in [-0.1, -0.05) is 18.2 Å². The van der Waals surface area contributed by atoms with Gasteiger partial charge in [0.25, 0.3) is 0 Å². The van der Waals surface area contributed by atoms with Gasteiger partial charge < -0.3 is 14.8 Å². The van der Waals surface area contributed by atoms with Gasteiger partial charge in [0.15, 0.2) is 0 Å².